The van der Waals surface area contributed by atoms with Crippen LogP contribution in [0, 0.1) is 5.82 Å². The van der Waals surface area contributed by atoms with Crippen LogP contribution in [0.15, 0.2) is 12.1 Å². The third kappa shape index (κ3) is 2.35. The van der Waals surface area contributed by atoms with Gasteiger partial charge in [0.1, 0.15) is 5.82 Å². The van der Waals surface area contributed by atoms with Gasteiger partial charge in [0.2, 0.25) is 5.95 Å². The summed E-state index contributed by atoms with van der Waals surface area (Å²) >= 11 is 5.70. The van der Waals surface area contributed by atoms with Crippen molar-refractivity contribution < 1.29 is 8.60 Å². The van der Waals surface area contributed by atoms with E-state index in [2.05, 4.69) is 4.98 Å². The zero-order chi connectivity index (χ0) is 13.4. The first kappa shape index (κ1) is 13.3. The van der Waals surface area contributed by atoms with Crippen molar-refractivity contribution in [3.05, 3.63) is 23.0 Å². The zero-order valence-electron chi connectivity index (χ0n) is 9.98. The lowest BCUT2D eigenvalue weighted by molar-refractivity contribution is 0.611. The van der Waals surface area contributed by atoms with Crippen LogP contribution in [0.5, 0.6) is 0 Å². The summed E-state index contributed by atoms with van der Waals surface area (Å²) in [6.07, 6.45) is 1.61. The second-order valence-electron chi connectivity index (χ2n) is 4.18. The first-order valence-electron chi connectivity index (χ1n) is 5.32. The molecule has 2 aromatic rings. The monoisotopic (exact) mass is 289 g/mol. The Morgan fingerprint density at radius 3 is 2.89 bits per heavy atom. The first-order valence-corrected chi connectivity index (χ1v) is 7.43. The van der Waals surface area contributed by atoms with E-state index in [9.17, 15) is 8.60 Å². The van der Waals surface area contributed by atoms with E-state index in [1.54, 1.807) is 10.8 Å². The lowest BCUT2D eigenvalue weighted by Crippen LogP contribution is -2.15. The van der Waals surface area contributed by atoms with Crippen molar-refractivity contribution in [3.63, 3.8) is 0 Å². The zero-order valence-corrected chi connectivity index (χ0v) is 11.6. The Kier molecular flexibility index (Phi) is 3.59. The van der Waals surface area contributed by atoms with E-state index >= 15 is 0 Å². The molecule has 2 atom stereocenters. The molecule has 4 nitrogen and oxygen atoms in total. The van der Waals surface area contributed by atoms with E-state index in [1.807, 2.05) is 6.92 Å². The predicted molar refractivity (Wildman–Crippen MR) is 72.8 cm³/mol. The van der Waals surface area contributed by atoms with Gasteiger partial charge < -0.3 is 10.3 Å². The van der Waals surface area contributed by atoms with E-state index in [-0.39, 0.29) is 17.0 Å². The Hall–Kier alpha value is -1.14. The molecule has 0 aliphatic carbocycles. The van der Waals surface area contributed by atoms with Crippen LogP contribution in [0.2, 0.25) is 5.02 Å². The van der Waals surface area contributed by atoms with Crippen molar-refractivity contribution in [1.29, 1.82) is 0 Å². The number of nitrogens with two attached hydrogens (primary N) is 1. The van der Waals surface area contributed by atoms with Crippen LogP contribution in [0.3, 0.4) is 0 Å². The Balaban J connectivity index is 2.59. The van der Waals surface area contributed by atoms with Gasteiger partial charge in [0.05, 0.1) is 16.1 Å². The van der Waals surface area contributed by atoms with Crippen molar-refractivity contribution in [2.45, 2.75) is 13.0 Å². The van der Waals surface area contributed by atoms with Crippen molar-refractivity contribution >= 4 is 39.4 Å². The molecule has 1 heterocycles. The fourth-order valence-electron chi connectivity index (χ4n) is 1.99. The maximum Gasteiger partial charge on any atom is 0.201 e. The molecule has 2 rings (SSSR count). The number of aromatic nitrogens is 2. The molecule has 2 N–H and O–H groups in total. The molecule has 0 aliphatic rings. The van der Waals surface area contributed by atoms with E-state index in [0.717, 1.165) is 0 Å². The van der Waals surface area contributed by atoms with E-state index in [0.29, 0.717) is 16.8 Å². The standard InChI is InChI=1S/C11H13ClFN3OS/c1-6(5-18(2)17)16-10-4-8(13)7(12)3-9(10)15-11(16)14/h3-4,6H,5H2,1-2H3,(H2,14,15). The lowest BCUT2D eigenvalue weighted by atomic mass is 10.3. The number of imidazole rings is 1. The molecule has 0 aliphatic heterocycles. The number of halogens is 2. The average molecular weight is 290 g/mol. The van der Waals surface area contributed by atoms with E-state index in [4.69, 9.17) is 17.3 Å². The van der Waals surface area contributed by atoms with Gasteiger partial charge in [-0.25, -0.2) is 9.37 Å². The maximum atomic E-state index is 13.5. The molecule has 0 saturated carbocycles. The Labute approximate surface area is 111 Å². The minimum Gasteiger partial charge on any atom is -0.369 e. The van der Waals surface area contributed by atoms with Gasteiger partial charge in [-0.3, -0.25) is 4.21 Å². The lowest BCUT2D eigenvalue weighted by Gasteiger charge is -2.14. The maximum absolute atomic E-state index is 13.5. The number of fused-ring (bicyclic) bond motifs is 1. The number of nitrogen functional groups attached to an aromatic ring is 1. The smallest absolute Gasteiger partial charge is 0.201 e. The second-order valence-corrected chi connectivity index (χ2v) is 6.07. The van der Waals surface area contributed by atoms with Crippen LogP contribution in [0.25, 0.3) is 11.0 Å². The highest BCUT2D eigenvalue weighted by atomic mass is 35.5. The summed E-state index contributed by atoms with van der Waals surface area (Å²) < 4.78 is 26.4. The molecule has 18 heavy (non-hydrogen) atoms. The Morgan fingerprint density at radius 1 is 1.61 bits per heavy atom. The number of hydrogen-bond donors (Lipinski definition) is 1. The van der Waals surface area contributed by atoms with E-state index in [1.165, 1.54) is 12.1 Å². The molecular weight excluding hydrogens is 277 g/mol. The van der Waals surface area contributed by atoms with Crippen LogP contribution < -0.4 is 5.73 Å². The fourth-order valence-corrected chi connectivity index (χ4v) is 2.97. The van der Waals surface area contributed by atoms with Crippen molar-refractivity contribution in [2.24, 2.45) is 0 Å². The van der Waals surface area contributed by atoms with Crippen molar-refractivity contribution in [1.82, 2.24) is 9.55 Å². The van der Waals surface area contributed by atoms with Gasteiger partial charge in [0, 0.05) is 34.9 Å². The van der Waals surface area contributed by atoms with Gasteiger partial charge in [-0.15, -0.1) is 0 Å². The number of hydrogen-bond acceptors (Lipinski definition) is 3. The van der Waals surface area contributed by atoms with Gasteiger partial charge in [-0.2, -0.15) is 0 Å². The summed E-state index contributed by atoms with van der Waals surface area (Å²) in [6.45, 7) is 1.87. The molecule has 0 saturated heterocycles. The Bertz CT molecular complexity index is 628. The largest absolute Gasteiger partial charge is 0.369 e. The predicted octanol–water partition coefficient (Wildman–Crippen LogP) is 2.35. The molecular formula is C11H13ClFN3OS. The van der Waals surface area contributed by atoms with Gasteiger partial charge in [-0.1, -0.05) is 11.6 Å². The number of rotatable bonds is 3. The molecule has 0 spiro atoms. The molecule has 2 unspecified atom stereocenters. The summed E-state index contributed by atoms with van der Waals surface area (Å²) in [6, 6.07) is 2.62. The van der Waals surface area contributed by atoms with Crippen LogP contribution in [-0.4, -0.2) is 25.8 Å². The van der Waals surface area contributed by atoms with Gasteiger partial charge >= 0.3 is 0 Å². The molecule has 0 radical (unpaired) electrons. The summed E-state index contributed by atoms with van der Waals surface area (Å²) in [7, 11) is -0.965. The van der Waals surface area contributed by atoms with Crippen LogP contribution in [-0.2, 0) is 10.8 Å². The van der Waals surface area contributed by atoms with Crippen LogP contribution >= 0.6 is 11.6 Å². The summed E-state index contributed by atoms with van der Waals surface area (Å²) in [5, 5.41) is 0.0128. The highest BCUT2D eigenvalue weighted by Gasteiger charge is 2.17. The third-order valence-corrected chi connectivity index (χ3v) is 3.92. The Morgan fingerprint density at radius 2 is 2.28 bits per heavy atom. The third-order valence-electron chi connectivity index (χ3n) is 2.68. The van der Waals surface area contributed by atoms with Gasteiger partial charge in [0.15, 0.2) is 0 Å². The molecule has 7 heteroatoms. The average Bonchev–Trinajstić information content (AvgIpc) is 2.53. The molecule has 98 valence electrons. The minimum absolute atomic E-state index is 0.0128. The molecule has 1 aromatic carbocycles. The SMILES string of the molecule is CC(CS(C)=O)n1c(N)nc2cc(Cl)c(F)cc21. The first-order chi connectivity index (χ1) is 8.40. The molecule has 0 fully saturated rings. The summed E-state index contributed by atoms with van der Waals surface area (Å²) in [5.74, 6) is 0.180. The number of anilines is 1. The molecule has 0 amide bonds. The van der Waals surface area contributed by atoms with Crippen LogP contribution in [0.4, 0.5) is 10.3 Å². The normalized spacial score (nSPS) is 14.9. The quantitative estimate of drug-likeness (QED) is 0.943. The van der Waals surface area contributed by atoms with Crippen LogP contribution in [0.1, 0.15) is 13.0 Å². The number of benzene rings is 1. The topological polar surface area (TPSA) is 60.9 Å². The van der Waals surface area contributed by atoms with Crippen molar-refractivity contribution in [3.8, 4) is 0 Å². The molecule has 0 bridgehead atoms. The highest BCUT2D eigenvalue weighted by Crippen LogP contribution is 2.27. The highest BCUT2D eigenvalue weighted by molar-refractivity contribution is 7.84. The second kappa shape index (κ2) is 4.85. The minimum atomic E-state index is -0.965. The van der Waals surface area contributed by atoms with Gasteiger partial charge in [0.25, 0.3) is 0 Å². The summed E-state index contributed by atoms with van der Waals surface area (Å²) in [5.41, 5.74) is 6.91. The fraction of sp³-hybridized carbons (Fsp3) is 0.364. The summed E-state index contributed by atoms with van der Waals surface area (Å²) in [4.78, 5) is 4.13. The number of nitrogens with zero attached hydrogens (tertiary/aromatic N) is 2. The molecule has 1 aromatic heterocycles. The van der Waals surface area contributed by atoms with E-state index < -0.39 is 16.6 Å². The van der Waals surface area contributed by atoms with Crippen molar-refractivity contribution in [2.75, 3.05) is 17.7 Å². The van der Waals surface area contributed by atoms with Gasteiger partial charge in [-0.05, 0) is 13.0 Å².